The molecule has 0 amide bonds. The first-order chi connectivity index (χ1) is 14.2. The van der Waals surface area contributed by atoms with Crippen molar-refractivity contribution in [2.24, 2.45) is 0 Å². The number of rotatable bonds is 6. The Morgan fingerprint density at radius 2 is 1.79 bits per heavy atom. The van der Waals surface area contributed by atoms with E-state index in [2.05, 4.69) is 10.1 Å². The summed E-state index contributed by atoms with van der Waals surface area (Å²) in [5.41, 5.74) is 5.78. The minimum Gasteiger partial charge on any atom is -0.396 e. The summed E-state index contributed by atoms with van der Waals surface area (Å²) in [4.78, 5) is 9.08. The van der Waals surface area contributed by atoms with Crippen molar-refractivity contribution in [2.75, 3.05) is 6.61 Å². The monoisotopic (exact) mass is 388 g/mol. The van der Waals surface area contributed by atoms with E-state index < -0.39 is 0 Å². The molecular formula is C23H21FN4O. The van der Waals surface area contributed by atoms with Gasteiger partial charge in [-0.05, 0) is 72.7 Å². The number of pyridine rings is 2. The number of halogens is 1. The molecule has 3 aromatic heterocycles. The molecule has 0 radical (unpaired) electrons. The van der Waals surface area contributed by atoms with Gasteiger partial charge >= 0.3 is 0 Å². The maximum atomic E-state index is 13.6. The predicted octanol–water partition coefficient (Wildman–Crippen LogP) is 4.56. The second-order valence-electron chi connectivity index (χ2n) is 7.47. The molecule has 29 heavy (non-hydrogen) atoms. The summed E-state index contributed by atoms with van der Waals surface area (Å²) in [6.07, 6.45) is 8.55. The largest absolute Gasteiger partial charge is 0.396 e. The molecule has 1 fully saturated rings. The van der Waals surface area contributed by atoms with Gasteiger partial charge in [0.25, 0.3) is 0 Å². The number of benzene rings is 1. The van der Waals surface area contributed by atoms with E-state index in [1.165, 1.54) is 17.7 Å². The average molecular weight is 388 g/mol. The number of aromatic nitrogens is 4. The smallest absolute Gasteiger partial charge is 0.182 e. The summed E-state index contributed by atoms with van der Waals surface area (Å²) in [6.45, 7) is 0.773. The molecule has 0 spiro atoms. The lowest BCUT2D eigenvalue weighted by molar-refractivity contribution is 0.277. The summed E-state index contributed by atoms with van der Waals surface area (Å²) >= 11 is 0. The van der Waals surface area contributed by atoms with Gasteiger partial charge in [-0.1, -0.05) is 0 Å². The molecule has 1 aromatic carbocycles. The van der Waals surface area contributed by atoms with Crippen molar-refractivity contribution in [3.63, 3.8) is 0 Å². The summed E-state index contributed by atoms with van der Waals surface area (Å²) in [5.74, 6) is 0.203. The summed E-state index contributed by atoms with van der Waals surface area (Å²) in [5, 5.41) is 14.9. The highest BCUT2D eigenvalue weighted by molar-refractivity contribution is 5.95. The number of hydrogen-bond acceptors (Lipinski definition) is 4. The van der Waals surface area contributed by atoms with Gasteiger partial charge in [0.05, 0.1) is 5.69 Å². The van der Waals surface area contributed by atoms with E-state index >= 15 is 0 Å². The summed E-state index contributed by atoms with van der Waals surface area (Å²) in [6, 6.07) is 10.5. The van der Waals surface area contributed by atoms with Crippen LogP contribution in [0.25, 0.3) is 33.4 Å². The first-order valence-corrected chi connectivity index (χ1v) is 9.93. The normalized spacial score (nSPS) is 13.9. The van der Waals surface area contributed by atoms with Crippen LogP contribution in [0.1, 0.15) is 30.7 Å². The number of aliphatic hydroxyl groups excluding tert-OH is 1. The highest BCUT2D eigenvalue weighted by atomic mass is 19.1. The molecule has 1 N–H and O–H groups in total. The minimum absolute atomic E-state index is 0.127. The third-order valence-corrected chi connectivity index (χ3v) is 5.37. The Kier molecular flexibility index (Phi) is 4.56. The molecule has 0 aliphatic heterocycles. The quantitative estimate of drug-likeness (QED) is 0.526. The standard InChI is InChI=1S/C23H21FN4O/c24-18-6-4-17(5-7-18)22-21(16-8-10-25-11-9-16)20(15-2-3-15)19-14-28(12-1-13-29)27-23(19)26-22/h4-11,14-15,29H,1-3,12-13H2. The molecule has 0 unspecified atom stereocenters. The zero-order chi connectivity index (χ0) is 19.8. The van der Waals surface area contributed by atoms with E-state index in [0.717, 1.165) is 40.6 Å². The van der Waals surface area contributed by atoms with E-state index in [1.807, 2.05) is 23.0 Å². The Morgan fingerprint density at radius 1 is 1.03 bits per heavy atom. The van der Waals surface area contributed by atoms with Gasteiger partial charge in [-0.3, -0.25) is 9.67 Å². The fourth-order valence-corrected chi connectivity index (χ4v) is 3.88. The van der Waals surface area contributed by atoms with Gasteiger partial charge in [0.15, 0.2) is 5.65 Å². The van der Waals surface area contributed by atoms with Crippen LogP contribution in [0.4, 0.5) is 4.39 Å². The second kappa shape index (κ2) is 7.37. The topological polar surface area (TPSA) is 63.8 Å². The van der Waals surface area contributed by atoms with Gasteiger partial charge in [-0.2, -0.15) is 5.10 Å². The lowest BCUT2D eigenvalue weighted by atomic mass is 9.91. The third kappa shape index (κ3) is 3.40. The number of aryl methyl sites for hydroxylation is 1. The van der Waals surface area contributed by atoms with Crippen molar-refractivity contribution in [2.45, 2.75) is 31.7 Å². The SMILES string of the molecule is OCCCn1cc2c(C3CC3)c(-c3ccncc3)c(-c3ccc(F)cc3)nc2n1. The van der Waals surface area contributed by atoms with Crippen LogP contribution in [-0.4, -0.2) is 31.5 Å². The molecule has 0 saturated heterocycles. The molecule has 5 rings (SSSR count). The van der Waals surface area contributed by atoms with Gasteiger partial charge in [0, 0.05) is 48.3 Å². The Morgan fingerprint density at radius 3 is 2.48 bits per heavy atom. The lowest BCUT2D eigenvalue weighted by Crippen LogP contribution is -2.00. The van der Waals surface area contributed by atoms with Crippen molar-refractivity contribution >= 4 is 11.0 Å². The van der Waals surface area contributed by atoms with Crippen LogP contribution in [0.2, 0.25) is 0 Å². The van der Waals surface area contributed by atoms with Crippen molar-refractivity contribution < 1.29 is 9.50 Å². The molecule has 5 nitrogen and oxygen atoms in total. The van der Waals surface area contributed by atoms with Crippen LogP contribution in [0.5, 0.6) is 0 Å². The molecule has 6 heteroatoms. The molecule has 4 aromatic rings. The number of nitrogens with zero attached hydrogens (tertiary/aromatic N) is 4. The highest BCUT2D eigenvalue weighted by Gasteiger charge is 2.32. The fourth-order valence-electron chi connectivity index (χ4n) is 3.88. The zero-order valence-corrected chi connectivity index (χ0v) is 15.9. The first kappa shape index (κ1) is 17.9. The second-order valence-corrected chi connectivity index (χ2v) is 7.47. The van der Waals surface area contributed by atoms with Gasteiger partial charge in [-0.15, -0.1) is 0 Å². The van der Waals surface area contributed by atoms with E-state index in [4.69, 9.17) is 10.1 Å². The molecule has 0 atom stereocenters. The molecular weight excluding hydrogens is 367 g/mol. The summed E-state index contributed by atoms with van der Waals surface area (Å²) < 4.78 is 15.4. The van der Waals surface area contributed by atoms with Gasteiger partial charge < -0.3 is 5.11 Å². The van der Waals surface area contributed by atoms with Crippen molar-refractivity contribution in [1.82, 2.24) is 19.7 Å². The van der Waals surface area contributed by atoms with Crippen LogP contribution in [0.15, 0.2) is 55.0 Å². The Hall–Kier alpha value is -3.12. The lowest BCUT2D eigenvalue weighted by Gasteiger charge is -2.15. The zero-order valence-electron chi connectivity index (χ0n) is 15.9. The van der Waals surface area contributed by atoms with Crippen LogP contribution in [-0.2, 0) is 6.54 Å². The molecule has 146 valence electrons. The molecule has 1 aliphatic carbocycles. The number of fused-ring (bicyclic) bond motifs is 1. The van der Waals surface area contributed by atoms with Gasteiger partial charge in [-0.25, -0.2) is 9.37 Å². The number of aliphatic hydroxyl groups is 1. The maximum Gasteiger partial charge on any atom is 0.182 e. The van der Waals surface area contributed by atoms with E-state index in [-0.39, 0.29) is 12.4 Å². The number of hydrogen-bond donors (Lipinski definition) is 1. The Bertz CT molecular complexity index is 1150. The fraction of sp³-hybridized carbons (Fsp3) is 0.261. The van der Waals surface area contributed by atoms with Crippen LogP contribution in [0, 0.1) is 5.82 Å². The minimum atomic E-state index is -0.268. The highest BCUT2D eigenvalue weighted by Crippen LogP contribution is 2.49. The molecule has 3 heterocycles. The molecule has 0 bridgehead atoms. The van der Waals surface area contributed by atoms with E-state index in [1.54, 1.807) is 24.5 Å². The first-order valence-electron chi connectivity index (χ1n) is 9.93. The van der Waals surface area contributed by atoms with Crippen LogP contribution >= 0.6 is 0 Å². The molecule has 1 aliphatic rings. The van der Waals surface area contributed by atoms with Gasteiger partial charge in [0.2, 0.25) is 0 Å². The van der Waals surface area contributed by atoms with Crippen LogP contribution < -0.4 is 0 Å². The van der Waals surface area contributed by atoms with E-state index in [9.17, 15) is 4.39 Å². The maximum absolute atomic E-state index is 13.6. The average Bonchev–Trinajstić information content (AvgIpc) is 3.51. The van der Waals surface area contributed by atoms with Gasteiger partial charge in [0.1, 0.15) is 5.82 Å². The Balaban J connectivity index is 1.80. The van der Waals surface area contributed by atoms with E-state index in [0.29, 0.717) is 24.5 Å². The van der Waals surface area contributed by atoms with Crippen molar-refractivity contribution in [1.29, 1.82) is 0 Å². The Labute approximate surface area is 167 Å². The third-order valence-electron chi connectivity index (χ3n) is 5.37. The predicted molar refractivity (Wildman–Crippen MR) is 110 cm³/mol. The summed E-state index contributed by atoms with van der Waals surface area (Å²) in [7, 11) is 0. The van der Waals surface area contributed by atoms with Crippen molar-refractivity contribution in [3.05, 3.63) is 66.4 Å². The molecule has 1 saturated carbocycles. The van der Waals surface area contributed by atoms with Crippen molar-refractivity contribution in [3.8, 4) is 22.4 Å². The van der Waals surface area contributed by atoms with Crippen LogP contribution in [0.3, 0.4) is 0 Å².